The highest BCUT2D eigenvalue weighted by molar-refractivity contribution is 5.98. The fourth-order valence-electron chi connectivity index (χ4n) is 1.28. The van der Waals surface area contributed by atoms with E-state index in [1.165, 1.54) is 23.1 Å². The molecule has 1 amide bonds. The van der Waals surface area contributed by atoms with E-state index in [1.807, 2.05) is 0 Å². The van der Waals surface area contributed by atoms with Gasteiger partial charge in [-0.15, -0.1) is 0 Å². The standard InChI is InChI=1S/C13H15NO4/c1-14(2)12(16)8-10(13(17)18)7-9-3-5-11(15)6-4-9/h3-7,15H,8H2,1-2H3,(H,17,18). The molecule has 0 saturated carbocycles. The molecule has 2 N–H and O–H groups in total. The van der Waals surface area contributed by atoms with Gasteiger partial charge in [-0.3, -0.25) is 4.79 Å². The second-order valence-electron chi connectivity index (χ2n) is 4.03. The van der Waals surface area contributed by atoms with Crippen LogP contribution in [0.4, 0.5) is 0 Å². The second-order valence-corrected chi connectivity index (χ2v) is 4.03. The van der Waals surface area contributed by atoms with Gasteiger partial charge in [0, 0.05) is 19.7 Å². The van der Waals surface area contributed by atoms with Crippen LogP contribution in [0.2, 0.25) is 0 Å². The number of hydrogen-bond acceptors (Lipinski definition) is 3. The van der Waals surface area contributed by atoms with Crippen LogP contribution >= 0.6 is 0 Å². The summed E-state index contributed by atoms with van der Waals surface area (Å²) in [5, 5.41) is 18.2. The lowest BCUT2D eigenvalue weighted by Crippen LogP contribution is -2.23. The molecule has 0 aliphatic rings. The Hall–Kier alpha value is -2.30. The van der Waals surface area contributed by atoms with Crippen molar-refractivity contribution in [2.24, 2.45) is 0 Å². The first-order chi connectivity index (χ1) is 8.40. The minimum atomic E-state index is -1.13. The van der Waals surface area contributed by atoms with E-state index in [2.05, 4.69) is 0 Å². The number of carboxylic acids is 1. The second kappa shape index (κ2) is 5.86. The Kier molecular flexibility index (Phi) is 4.48. The molecular formula is C13H15NO4. The Bertz CT molecular complexity index is 474. The number of aromatic hydroxyl groups is 1. The summed E-state index contributed by atoms with van der Waals surface area (Å²) in [7, 11) is 3.14. The molecule has 0 spiro atoms. The molecule has 0 saturated heterocycles. The average Bonchev–Trinajstić information content (AvgIpc) is 2.30. The van der Waals surface area contributed by atoms with E-state index < -0.39 is 5.97 Å². The fourth-order valence-corrected chi connectivity index (χ4v) is 1.28. The van der Waals surface area contributed by atoms with Crippen molar-refractivity contribution in [3.63, 3.8) is 0 Å². The maximum atomic E-state index is 11.5. The lowest BCUT2D eigenvalue weighted by Gasteiger charge is -2.10. The number of phenols is 1. The first-order valence-corrected chi connectivity index (χ1v) is 5.33. The van der Waals surface area contributed by atoms with Crippen molar-refractivity contribution in [3.05, 3.63) is 35.4 Å². The van der Waals surface area contributed by atoms with E-state index in [4.69, 9.17) is 10.2 Å². The van der Waals surface area contributed by atoms with Crippen LogP contribution in [0.15, 0.2) is 29.8 Å². The molecule has 1 aromatic rings. The molecule has 0 bridgehead atoms. The number of amides is 1. The highest BCUT2D eigenvalue weighted by atomic mass is 16.4. The zero-order valence-corrected chi connectivity index (χ0v) is 10.3. The number of carbonyl (C=O) groups excluding carboxylic acids is 1. The average molecular weight is 249 g/mol. The summed E-state index contributed by atoms with van der Waals surface area (Å²) < 4.78 is 0. The molecule has 0 aliphatic heterocycles. The predicted octanol–water partition coefficient (Wildman–Crippen LogP) is 1.34. The molecule has 0 unspecified atom stereocenters. The molecule has 18 heavy (non-hydrogen) atoms. The van der Waals surface area contributed by atoms with Crippen LogP contribution < -0.4 is 0 Å². The Labute approximate surface area is 105 Å². The number of phenolic OH excluding ortho intramolecular Hbond substituents is 1. The van der Waals surface area contributed by atoms with Crippen LogP contribution in [-0.4, -0.2) is 41.1 Å². The van der Waals surface area contributed by atoms with Crippen molar-refractivity contribution in [2.75, 3.05) is 14.1 Å². The number of aliphatic carboxylic acids is 1. The van der Waals surface area contributed by atoms with Crippen LogP contribution in [0.1, 0.15) is 12.0 Å². The number of carboxylic acid groups (broad SMARTS) is 1. The van der Waals surface area contributed by atoms with Gasteiger partial charge in [0.25, 0.3) is 0 Å². The molecule has 0 heterocycles. The van der Waals surface area contributed by atoms with Crippen molar-refractivity contribution in [3.8, 4) is 5.75 Å². The van der Waals surface area contributed by atoms with E-state index in [0.29, 0.717) is 5.56 Å². The quantitative estimate of drug-likeness (QED) is 0.789. The molecule has 0 radical (unpaired) electrons. The maximum Gasteiger partial charge on any atom is 0.332 e. The summed E-state index contributed by atoms with van der Waals surface area (Å²) in [5.74, 6) is -1.30. The van der Waals surface area contributed by atoms with E-state index in [-0.39, 0.29) is 23.7 Å². The van der Waals surface area contributed by atoms with E-state index in [1.54, 1.807) is 26.2 Å². The summed E-state index contributed by atoms with van der Waals surface area (Å²) in [6.07, 6.45) is 1.26. The number of hydrogen-bond donors (Lipinski definition) is 2. The van der Waals surface area contributed by atoms with Gasteiger partial charge in [-0.1, -0.05) is 12.1 Å². The molecule has 0 atom stereocenters. The van der Waals surface area contributed by atoms with Crippen LogP contribution in [0, 0.1) is 0 Å². The fraction of sp³-hybridized carbons (Fsp3) is 0.231. The lowest BCUT2D eigenvalue weighted by molar-refractivity contribution is -0.135. The van der Waals surface area contributed by atoms with E-state index >= 15 is 0 Å². The number of carbonyl (C=O) groups is 2. The molecule has 1 rings (SSSR count). The van der Waals surface area contributed by atoms with Crippen LogP contribution in [-0.2, 0) is 9.59 Å². The SMILES string of the molecule is CN(C)C(=O)CC(=Cc1ccc(O)cc1)C(=O)O. The van der Waals surface area contributed by atoms with Crippen molar-refractivity contribution >= 4 is 18.0 Å². The van der Waals surface area contributed by atoms with Gasteiger partial charge in [0.05, 0.1) is 6.42 Å². The van der Waals surface area contributed by atoms with Crippen molar-refractivity contribution < 1.29 is 19.8 Å². The summed E-state index contributed by atoms with van der Waals surface area (Å²) in [6, 6.07) is 6.08. The third-order valence-corrected chi connectivity index (χ3v) is 2.35. The zero-order chi connectivity index (χ0) is 13.7. The van der Waals surface area contributed by atoms with Gasteiger partial charge in [-0.2, -0.15) is 0 Å². The maximum absolute atomic E-state index is 11.5. The van der Waals surface area contributed by atoms with E-state index in [0.717, 1.165) is 0 Å². The van der Waals surface area contributed by atoms with Gasteiger partial charge in [0.1, 0.15) is 5.75 Å². The van der Waals surface area contributed by atoms with Gasteiger partial charge in [0.2, 0.25) is 5.91 Å². The first-order valence-electron chi connectivity index (χ1n) is 5.33. The summed E-state index contributed by atoms with van der Waals surface area (Å²) in [6.45, 7) is 0. The summed E-state index contributed by atoms with van der Waals surface area (Å²) >= 11 is 0. The van der Waals surface area contributed by atoms with Gasteiger partial charge >= 0.3 is 5.97 Å². The molecule has 0 aromatic heterocycles. The molecule has 0 fully saturated rings. The Morgan fingerprint density at radius 1 is 1.22 bits per heavy atom. The Balaban J connectivity index is 2.94. The smallest absolute Gasteiger partial charge is 0.332 e. The molecule has 5 heteroatoms. The van der Waals surface area contributed by atoms with E-state index in [9.17, 15) is 9.59 Å². The first kappa shape index (κ1) is 13.8. The van der Waals surface area contributed by atoms with Crippen LogP contribution in [0.5, 0.6) is 5.75 Å². The minimum absolute atomic E-state index is 0.0133. The van der Waals surface area contributed by atoms with Gasteiger partial charge < -0.3 is 15.1 Å². The monoisotopic (exact) mass is 249 g/mol. The summed E-state index contributed by atoms with van der Waals surface area (Å²) in [5.41, 5.74) is 0.635. The third-order valence-electron chi connectivity index (χ3n) is 2.35. The normalized spacial score (nSPS) is 11.1. The number of benzene rings is 1. The molecule has 96 valence electrons. The Morgan fingerprint density at radius 2 is 1.78 bits per heavy atom. The highest BCUT2D eigenvalue weighted by Crippen LogP contribution is 2.15. The molecular weight excluding hydrogens is 234 g/mol. The highest BCUT2D eigenvalue weighted by Gasteiger charge is 2.14. The topological polar surface area (TPSA) is 77.8 Å². The van der Waals surface area contributed by atoms with Crippen LogP contribution in [0.3, 0.4) is 0 Å². The largest absolute Gasteiger partial charge is 0.508 e. The van der Waals surface area contributed by atoms with Gasteiger partial charge in [-0.25, -0.2) is 4.79 Å². The molecule has 5 nitrogen and oxygen atoms in total. The lowest BCUT2D eigenvalue weighted by atomic mass is 10.1. The Morgan fingerprint density at radius 3 is 2.22 bits per heavy atom. The molecule has 1 aromatic carbocycles. The van der Waals surface area contributed by atoms with Crippen molar-refractivity contribution in [1.82, 2.24) is 4.90 Å². The molecule has 0 aliphatic carbocycles. The van der Waals surface area contributed by atoms with Crippen molar-refractivity contribution in [1.29, 1.82) is 0 Å². The third kappa shape index (κ3) is 3.93. The number of nitrogens with zero attached hydrogens (tertiary/aromatic N) is 1. The van der Waals surface area contributed by atoms with Crippen molar-refractivity contribution in [2.45, 2.75) is 6.42 Å². The van der Waals surface area contributed by atoms with Gasteiger partial charge in [0.15, 0.2) is 0 Å². The van der Waals surface area contributed by atoms with Crippen LogP contribution in [0.25, 0.3) is 6.08 Å². The van der Waals surface area contributed by atoms with Gasteiger partial charge in [-0.05, 0) is 23.8 Å². The minimum Gasteiger partial charge on any atom is -0.508 e. The predicted molar refractivity (Wildman–Crippen MR) is 67.0 cm³/mol. The number of rotatable bonds is 4. The summed E-state index contributed by atoms with van der Waals surface area (Å²) in [4.78, 5) is 23.9. The zero-order valence-electron chi connectivity index (χ0n) is 10.3.